The zero-order valence-electron chi connectivity index (χ0n) is 16.4. The minimum absolute atomic E-state index is 0.0177. The van der Waals surface area contributed by atoms with E-state index in [4.69, 9.17) is 0 Å². The summed E-state index contributed by atoms with van der Waals surface area (Å²) in [7, 11) is -3.63. The normalized spacial score (nSPS) is 18.0. The number of nitrogens with one attached hydrogen (secondary N) is 1. The van der Waals surface area contributed by atoms with E-state index in [1.54, 1.807) is 0 Å². The lowest BCUT2D eigenvalue weighted by Gasteiger charge is -2.40. The van der Waals surface area contributed by atoms with Gasteiger partial charge in [-0.1, -0.05) is 13.8 Å². The summed E-state index contributed by atoms with van der Waals surface area (Å²) in [4.78, 5) is 13.8. The Morgan fingerprint density at radius 2 is 1.79 bits per heavy atom. The number of sulfone groups is 1. The average molecular weight is 438 g/mol. The van der Waals surface area contributed by atoms with E-state index in [0.717, 1.165) is 38.3 Å². The van der Waals surface area contributed by atoms with Crippen molar-refractivity contribution in [3.05, 3.63) is 28.3 Å². The molecule has 1 N–H and O–H groups in total. The fourth-order valence-corrected chi connectivity index (χ4v) is 4.05. The number of hydrogen-bond donors (Lipinski definition) is 1. The van der Waals surface area contributed by atoms with Crippen LogP contribution < -0.4 is 5.32 Å². The molecule has 164 valence electrons. The van der Waals surface area contributed by atoms with Crippen LogP contribution in [0.3, 0.4) is 0 Å². The molecule has 0 aromatic heterocycles. The maximum Gasteiger partial charge on any atom is 0.501 e. The molecule has 1 saturated heterocycles. The Balaban J connectivity index is 2.24. The second kappa shape index (κ2) is 8.84. The van der Waals surface area contributed by atoms with Crippen molar-refractivity contribution >= 4 is 21.2 Å². The van der Waals surface area contributed by atoms with Crippen molar-refractivity contribution in [1.29, 1.82) is 0 Å². The first-order valence-electron chi connectivity index (χ1n) is 9.11. The fourth-order valence-electron chi connectivity index (χ4n) is 3.27. The number of nitro groups is 1. The monoisotopic (exact) mass is 438 g/mol. The van der Waals surface area contributed by atoms with E-state index in [1.807, 2.05) is 20.9 Å². The summed E-state index contributed by atoms with van der Waals surface area (Å²) in [5, 5.41) is 14.3. The van der Waals surface area contributed by atoms with E-state index in [0.29, 0.717) is 12.6 Å². The van der Waals surface area contributed by atoms with Gasteiger partial charge in [-0.2, -0.15) is 13.2 Å². The van der Waals surface area contributed by atoms with Crippen molar-refractivity contribution in [2.45, 2.75) is 30.3 Å². The molecule has 1 fully saturated rings. The van der Waals surface area contributed by atoms with E-state index in [2.05, 4.69) is 15.1 Å². The van der Waals surface area contributed by atoms with E-state index in [-0.39, 0.29) is 17.6 Å². The van der Waals surface area contributed by atoms with Crippen LogP contribution in [0.2, 0.25) is 0 Å². The van der Waals surface area contributed by atoms with Gasteiger partial charge in [0.1, 0.15) is 5.69 Å². The van der Waals surface area contributed by atoms with Gasteiger partial charge in [-0.05, 0) is 25.1 Å². The van der Waals surface area contributed by atoms with Crippen molar-refractivity contribution in [2.75, 3.05) is 45.1 Å². The number of nitrogens with zero attached hydrogens (tertiary/aromatic N) is 3. The molecule has 1 aliphatic heterocycles. The molecule has 0 aliphatic carbocycles. The van der Waals surface area contributed by atoms with E-state index < -0.39 is 30.9 Å². The summed E-state index contributed by atoms with van der Waals surface area (Å²) in [5.41, 5.74) is -6.26. The predicted octanol–water partition coefficient (Wildman–Crippen LogP) is 2.57. The number of halogens is 3. The molecule has 0 spiro atoms. The van der Waals surface area contributed by atoms with Crippen molar-refractivity contribution in [3.63, 3.8) is 0 Å². The highest BCUT2D eigenvalue weighted by Gasteiger charge is 2.47. The minimum Gasteiger partial charge on any atom is -0.378 e. The summed E-state index contributed by atoms with van der Waals surface area (Å²) in [6.07, 6.45) is 0. The van der Waals surface area contributed by atoms with Crippen LogP contribution in [0.4, 0.5) is 24.5 Å². The number of hydrogen-bond acceptors (Lipinski definition) is 7. The lowest BCUT2D eigenvalue weighted by Crippen LogP contribution is -2.52. The van der Waals surface area contributed by atoms with Crippen LogP contribution in [-0.2, 0) is 9.84 Å². The molecule has 0 bridgehead atoms. The van der Waals surface area contributed by atoms with E-state index in [9.17, 15) is 31.7 Å². The molecule has 1 aromatic carbocycles. The van der Waals surface area contributed by atoms with Crippen molar-refractivity contribution < 1.29 is 26.5 Å². The Kier molecular flexibility index (Phi) is 7.12. The van der Waals surface area contributed by atoms with Crippen LogP contribution in [0.5, 0.6) is 0 Å². The van der Waals surface area contributed by atoms with Crippen LogP contribution in [0.1, 0.15) is 13.8 Å². The first kappa shape index (κ1) is 23.4. The van der Waals surface area contributed by atoms with Gasteiger partial charge in [-0.25, -0.2) is 8.42 Å². The van der Waals surface area contributed by atoms with Crippen LogP contribution in [-0.4, -0.2) is 74.5 Å². The van der Waals surface area contributed by atoms with Gasteiger partial charge in [0.25, 0.3) is 15.5 Å². The van der Waals surface area contributed by atoms with Crippen molar-refractivity contribution in [3.8, 4) is 0 Å². The predicted molar refractivity (Wildman–Crippen MR) is 103 cm³/mol. The zero-order valence-corrected chi connectivity index (χ0v) is 17.3. The molecule has 8 nitrogen and oxygen atoms in total. The molecule has 1 aliphatic rings. The summed E-state index contributed by atoms with van der Waals surface area (Å²) >= 11 is 0. The topological polar surface area (TPSA) is 95.8 Å². The number of nitro benzene ring substituents is 1. The molecule has 12 heteroatoms. The molecule has 0 radical (unpaired) electrons. The Hall–Kier alpha value is -1.92. The highest BCUT2D eigenvalue weighted by Crippen LogP contribution is 2.34. The van der Waals surface area contributed by atoms with Gasteiger partial charge >= 0.3 is 5.51 Å². The van der Waals surface area contributed by atoms with Crippen molar-refractivity contribution in [1.82, 2.24) is 9.80 Å². The molecular formula is C17H25F3N4O4S. The molecule has 0 saturated carbocycles. The highest BCUT2D eigenvalue weighted by atomic mass is 32.2. The highest BCUT2D eigenvalue weighted by molar-refractivity contribution is 7.92. The van der Waals surface area contributed by atoms with Crippen LogP contribution in [0.25, 0.3) is 0 Å². The number of piperazine rings is 1. The number of alkyl halides is 3. The maximum atomic E-state index is 12.7. The Morgan fingerprint density at radius 3 is 2.28 bits per heavy atom. The molecule has 0 amide bonds. The average Bonchev–Trinajstić information content (AvgIpc) is 2.62. The second-order valence-electron chi connectivity index (χ2n) is 7.42. The van der Waals surface area contributed by atoms with Crippen LogP contribution >= 0.6 is 0 Å². The van der Waals surface area contributed by atoms with Crippen LogP contribution in [0.15, 0.2) is 23.1 Å². The number of likely N-dealkylation sites (N-methyl/N-ethyl adjacent to an activating group) is 1. The quantitative estimate of drug-likeness (QED) is 0.516. The van der Waals surface area contributed by atoms with Gasteiger partial charge < -0.3 is 10.2 Å². The minimum atomic E-state index is -5.66. The molecular weight excluding hydrogens is 413 g/mol. The molecule has 2 rings (SSSR count). The first-order chi connectivity index (χ1) is 13.3. The summed E-state index contributed by atoms with van der Waals surface area (Å²) in [6.45, 7) is 7.86. The smallest absolute Gasteiger partial charge is 0.378 e. The standard InChI is InChI=1S/C17H25F3N4O4S/c1-12(2)16(23-8-6-22(3)7-9-23)11-21-14-5-4-13(10-15(14)24(25)26)29(27,28)17(18,19)20/h4-5,10,12,16,21H,6-9,11H2,1-3H3/t16-/m1/s1. The number of anilines is 1. The summed E-state index contributed by atoms with van der Waals surface area (Å²) in [5.74, 6) is 0.231. The summed E-state index contributed by atoms with van der Waals surface area (Å²) < 4.78 is 61.3. The lowest BCUT2D eigenvalue weighted by molar-refractivity contribution is -0.384. The van der Waals surface area contributed by atoms with Gasteiger partial charge in [0, 0.05) is 44.8 Å². The molecule has 1 heterocycles. The van der Waals surface area contributed by atoms with Gasteiger partial charge in [0.2, 0.25) is 0 Å². The zero-order chi connectivity index (χ0) is 22.0. The Bertz CT molecular complexity index is 838. The second-order valence-corrected chi connectivity index (χ2v) is 9.36. The maximum absolute atomic E-state index is 12.7. The number of rotatable bonds is 7. The van der Waals surface area contributed by atoms with Gasteiger partial charge in [0.15, 0.2) is 0 Å². The SMILES string of the molecule is CC(C)[C@@H](CNc1ccc(S(=O)(=O)C(F)(F)F)cc1[N+](=O)[O-])N1CCN(C)CC1. The third-order valence-corrected chi connectivity index (χ3v) is 6.54. The third-order valence-electron chi connectivity index (χ3n) is 5.06. The molecule has 1 aromatic rings. The van der Waals surface area contributed by atoms with Crippen LogP contribution in [0, 0.1) is 16.0 Å². The lowest BCUT2D eigenvalue weighted by atomic mass is 10.0. The number of benzene rings is 1. The third kappa shape index (κ3) is 5.37. The largest absolute Gasteiger partial charge is 0.501 e. The van der Waals surface area contributed by atoms with Gasteiger partial charge in [-0.15, -0.1) is 0 Å². The van der Waals surface area contributed by atoms with E-state index >= 15 is 0 Å². The van der Waals surface area contributed by atoms with E-state index in [1.165, 1.54) is 0 Å². The van der Waals surface area contributed by atoms with Gasteiger partial charge in [-0.3, -0.25) is 15.0 Å². The summed E-state index contributed by atoms with van der Waals surface area (Å²) in [6, 6.07) is 2.25. The molecule has 29 heavy (non-hydrogen) atoms. The van der Waals surface area contributed by atoms with Crippen molar-refractivity contribution in [2.24, 2.45) is 5.92 Å². The van der Waals surface area contributed by atoms with Gasteiger partial charge in [0.05, 0.1) is 9.82 Å². The molecule has 1 atom stereocenters. The fraction of sp³-hybridized carbons (Fsp3) is 0.647. The first-order valence-corrected chi connectivity index (χ1v) is 10.6. The Labute approximate surface area is 167 Å². The molecule has 0 unspecified atom stereocenters. The Morgan fingerprint density at radius 1 is 1.21 bits per heavy atom.